The van der Waals surface area contributed by atoms with Gasteiger partial charge in [-0.3, -0.25) is 9.69 Å². The minimum absolute atomic E-state index is 0. The number of anilines is 1. The maximum atomic E-state index is 13.4. The summed E-state index contributed by atoms with van der Waals surface area (Å²) in [5, 5.41) is 0.708. The molecule has 1 aromatic heterocycles. The number of benzene rings is 2. The van der Waals surface area contributed by atoms with Gasteiger partial charge >= 0.3 is 0 Å². The highest BCUT2D eigenvalue weighted by Gasteiger charge is 2.22. The number of likely N-dealkylation sites (N-methyl/N-ethyl adjacent to an activating group) is 1. The molecule has 0 unspecified atom stereocenters. The highest BCUT2D eigenvalue weighted by molar-refractivity contribution is 7.22. The molecule has 0 spiro atoms. The number of hydrogen-bond donors (Lipinski definition) is 0. The van der Waals surface area contributed by atoms with Crippen molar-refractivity contribution in [2.45, 2.75) is 26.2 Å². The van der Waals surface area contributed by atoms with Gasteiger partial charge < -0.3 is 9.64 Å². The normalized spacial score (nSPS) is 11.4. The number of ether oxygens (including phenoxy) is 1. The first-order chi connectivity index (χ1) is 13.7. The lowest BCUT2D eigenvalue weighted by Gasteiger charge is -2.23. The molecule has 1 amide bonds. The minimum Gasteiger partial charge on any atom is -0.497 e. The maximum absolute atomic E-state index is 13.4. The Balaban J connectivity index is 0.00000320. The van der Waals surface area contributed by atoms with Crippen LogP contribution in [0, 0.1) is 0 Å². The molecule has 1 heterocycles. The topological polar surface area (TPSA) is 45.7 Å². The van der Waals surface area contributed by atoms with Gasteiger partial charge in [0.05, 0.1) is 17.3 Å². The lowest BCUT2D eigenvalue weighted by Crippen LogP contribution is -2.36. The number of carbonyl (C=O) groups excluding carboxylic acids is 1. The summed E-state index contributed by atoms with van der Waals surface area (Å²) in [7, 11) is 5.65. The molecule has 0 N–H and O–H groups in total. The first-order valence-electron chi connectivity index (χ1n) is 9.71. The van der Waals surface area contributed by atoms with Crippen molar-refractivity contribution in [1.29, 1.82) is 0 Å². The zero-order valence-corrected chi connectivity index (χ0v) is 20.1. The van der Waals surface area contributed by atoms with E-state index in [-0.39, 0.29) is 23.7 Å². The molecule has 162 valence electrons. The van der Waals surface area contributed by atoms with Gasteiger partial charge in [-0.25, -0.2) is 4.98 Å². The fourth-order valence-electron chi connectivity index (χ4n) is 2.99. The van der Waals surface area contributed by atoms with Gasteiger partial charge in [0.15, 0.2) is 5.13 Å². The van der Waals surface area contributed by atoms with E-state index in [1.165, 1.54) is 16.9 Å². The van der Waals surface area contributed by atoms with Gasteiger partial charge in [0.25, 0.3) is 5.91 Å². The van der Waals surface area contributed by atoms with Crippen LogP contribution < -0.4 is 9.64 Å². The molecule has 7 heteroatoms. The van der Waals surface area contributed by atoms with Crippen LogP contribution in [-0.2, 0) is 5.41 Å². The molecule has 3 aromatic rings. The van der Waals surface area contributed by atoms with E-state index in [1.807, 2.05) is 56.6 Å². The van der Waals surface area contributed by atoms with Gasteiger partial charge in [0, 0.05) is 24.7 Å². The summed E-state index contributed by atoms with van der Waals surface area (Å²) in [6.07, 6.45) is 0. The molecule has 2 aromatic carbocycles. The molecule has 0 aliphatic rings. The monoisotopic (exact) mass is 447 g/mol. The van der Waals surface area contributed by atoms with Crippen molar-refractivity contribution in [3.05, 3.63) is 53.6 Å². The number of aromatic nitrogens is 1. The van der Waals surface area contributed by atoms with Crippen LogP contribution in [0.5, 0.6) is 5.75 Å². The van der Waals surface area contributed by atoms with E-state index in [4.69, 9.17) is 9.72 Å². The second kappa shape index (κ2) is 9.77. The summed E-state index contributed by atoms with van der Waals surface area (Å²) in [4.78, 5) is 21.9. The third-order valence-corrected chi connectivity index (χ3v) is 5.89. The highest BCUT2D eigenvalue weighted by atomic mass is 35.5. The molecule has 0 atom stereocenters. The Morgan fingerprint density at radius 1 is 1.07 bits per heavy atom. The number of carbonyl (C=O) groups is 1. The Bertz CT molecular complexity index is 994. The Hall–Kier alpha value is -2.15. The largest absolute Gasteiger partial charge is 0.497 e. The van der Waals surface area contributed by atoms with Crippen molar-refractivity contribution in [3.8, 4) is 5.75 Å². The van der Waals surface area contributed by atoms with E-state index < -0.39 is 0 Å². The highest BCUT2D eigenvalue weighted by Crippen LogP contribution is 2.32. The van der Waals surface area contributed by atoms with Crippen LogP contribution in [-0.4, -0.2) is 50.1 Å². The first-order valence-corrected chi connectivity index (χ1v) is 10.5. The van der Waals surface area contributed by atoms with Crippen LogP contribution in [0.25, 0.3) is 10.2 Å². The number of hydrogen-bond acceptors (Lipinski definition) is 5. The predicted octanol–water partition coefficient (Wildman–Crippen LogP) is 5.23. The molecule has 0 fully saturated rings. The van der Waals surface area contributed by atoms with E-state index in [1.54, 1.807) is 12.0 Å². The molecule has 0 radical (unpaired) electrons. The molecular formula is C23H30ClN3O2S. The van der Waals surface area contributed by atoms with Gasteiger partial charge in [-0.2, -0.15) is 0 Å². The van der Waals surface area contributed by atoms with Crippen molar-refractivity contribution < 1.29 is 9.53 Å². The Labute approximate surface area is 189 Å². The second-order valence-electron chi connectivity index (χ2n) is 8.42. The Morgan fingerprint density at radius 3 is 2.30 bits per heavy atom. The Kier molecular flexibility index (Phi) is 7.86. The smallest absolute Gasteiger partial charge is 0.260 e. The molecule has 0 aliphatic heterocycles. The quantitative estimate of drug-likeness (QED) is 0.518. The average molecular weight is 448 g/mol. The molecule has 5 nitrogen and oxygen atoms in total. The molecular weight excluding hydrogens is 418 g/mol. The van der Waals surface area contributed by atoms with Crippen LogP contribution in [0.15, 0.2) is 42.5 Å². The lowest BCUT2D eigenvalue weighted by atomic mass is 9.86. The van der Waals surface area contributed by atoms with Crippen molar-refractivity contribution >= 4 is 45.0 Å². The number of nitrogens with zero attached hydrogens (tertiary/aromatic N) is 3. The van der Waals surface area contributed by atoms with Crippen molar-refractivity contribution in [2.75, 3.05) is 39.2 Å². The summed E-state index contributed by atoms with van der Waals surface area (Å²) in [5.41, 5.74) is 2.78. The number of amides is 1. The maximum Gasteiger partial charge on any atom is 0.260 e. The molecule has 3 rings (SSSR count). The van der Waals surface area contributed by atoms with E-state index in [2.05, 4.69) is 25.7 Å². The van der Waals surface area contributed by atoms with E-state index in [0.717, 1.165) is 22.5 Å². The van der Waals surface area contributed by atoms with E-state index >= 15 is 0 Å². The predicted molar refractivity (Wildman–Crippen MR) is 129 cm³/mol. The number of halogens is 1. The molecule has 0 saturated heterocycles. The van der Waals surface area contributed by atoms with Gasteiger partial charge in [-0.05, 0) is 49.3 Å². The standard InChI is InChI=1S/C23H29N3O2S.ClH/c1-23(2,3)17-9-7-16(8-10-17)21(27)26(14-13-25(4)5)22-24-19-15-18(28-6)11-12-20(19)29-22;/h7-12,15H,13-14H2,1-6H3;1H. The molecule has 30 heavy (non-hydrogen) atoms. The van der Waals surface area contributed by atoms with Crippen molar-refractivity contribution in [2.24, 2.45) is 0 Å². The number of methoxy groups -OCH3 is 1. The van der Waals surface area contributed by atoms with Gasteiger partial charge in [0.1, 0.15) is 5.75 Å². The first kappa shape index (κ1) is 24.1. The van der Waals surface area contributed by atoms with E-state index in [0.29, 0.717) is 17.2 Å². The zero-order valence-electron chi connectivity index (χ0n) is 18.4. The average Bonchev–Trinajstić information content (AvgIpc) is 3.09. The lowest BCUT2D eigenvalue weighted by molar-refractivity contribution is 0.0985. The van der Waals surface area contributed by atoms with E-state index in [9.17, 15) is 4.79 Å². The zero-order chi connectivity index (χ0) is 21.2. The molecule has 0 saturated carbocycles. The number of fused-ring (bicyclic) bond motifs is 1. The second-order valence-corrected chi connectivity index (χ2v) is 9.43. The van der Waals surface area contributed by atoms with Crippen LogP contribution in [0.1, 0.15) is 36.7 Å². The van der Waals surface area contributed by atoms with Crippen LogP contribution in [0.2, 0.25) is 0 Å². The third-order valence-electron chi connectivity index (χ3n) is 4.83. The van der Waals surface area contributed by atoms with Crippen molar-refractivity contribution in [3.63, 3.8) is 0 Å². The van der Waals surface area contributed by atoms with Crippen LogP contribution in [0.3, 0.4) is 0 Å². The van der Waals surface area contributed by atoms with Gasteiger partial charge in [0.2, 0.25) is 0 Å². The van der Waals surface area contributed by atoms with Crippen LogP contribution >= 0.6 is 23.7 Å². The summed E-state index contributed by atoms with van der Waals surface area (Å²) in [6.45, 7) is 7.84. The van der Waals surface area contributed by atoms with Crippen molar-refractivity contribution in [1.82, 2.24) is 9.88 Å². The number of rotatable bonds is 6. The van der Waals surface area contributed by atoms with Crippen LogP contribution in [0.4, 0.5) is 5.13 Å². The Morgan fingerprint density at radius 2 is 1.73 bits per heavy atom. The fraction of sp³-hybridized carbons (Fsp3) is 0.391. The minimum atomic E-state index is -0.0293. The summed E-state index contributed by atoms with van der Waals surface area (Å²) >= 11 is 1.53. The fourth-order valence-corrected chi connectivity index (χ4v) is 3.96. The SMILES string of the molecule is COc1ccc2sc(N(CCN(C)C)C(=O)c3ccc(C(C)(C)C)cc3)nc2c1.Cl. The molecule has 0 aliphatic carbocycles. The third kappa shape index (κ3) is 5.50. The summed E-state index contributed by atoms with van der Waals surface area (Å²) in [6, 6.07) is 13.7. The number of thiazole rings is 1. The summed E-state index contributed by atoms with van der Waals surface area (Å²) in [5.74, 6) is 0.733. The van der Waals surface area contributed by atoms with Gasteiger partial charge in [-0.15, -0.1) is 12.4 Å². The van der Waals surface area contributed by atoms with Gasteiger partial charge in [-0.1, -0.05) is 44.2 Å². The summed E-state index contributed by atoms with van der Waals surface area (Å²) < 4.78 is 6.34. The molecule has 0 bridgehead atoms.